The van der Waals surface area contributed by atoms with Crippen molar-refractivity contribution in [2.75, 3.05) is 13.1 Å². The second-order valence-corrected chi connectivity index (χ2v) is 1.95. The third-order valence-electron chi connectivity index (χ3n) is 1.14. The molecule has 3 heteroatoms. The van der Waals surface area contributed by atoms with Crippen molar-refractivity contribution in [3.05, 3.63) is 0 Å². The Morgan fingerprint density at radius 1 is 1.71 bits per heavy atom. The predicted octanol–water partition coefficient (Wildman–Crippen LogP) is -1.51. The Morgan fingerprint density at radius 3 is 2.29 bits per heavy atom. The monoisotopic (exact) mass is 100 g/mol. The minimum atomic E-state index is -0.528. The van der Waals surface area contributed by atoms with Gasteiger partial charge in [-0.25, -0.2) is 0 Å². The fourth-order valence-electron chi connectivity index (χ4n) is 0.497. The Kier molecular flexibility index (Phi) is 0.867. The number of aldehydes is 1. The Balaban J connectivity index is 2.43. The second kappa shape index (κ2) is 1.28. The van der Waals surface area contributed by atoms with Crippen molar-refractivity contribution in [3.8, 4) is 0 Å². The quantitative estimate of drug-likeness (QED) is 0.394. The average Bonchev–Trinajstić information content (AvgIpc) is 1.61. The van der Waals surface area contributed by atoms with Crippen LogP contribution in [0.1, 0.15) is 0 Å². The van der Waals surface area contributed by atoms with Gasteiger partial charge in [0.15, 0.2) is 0 Å². The number of nitrogens with one attached hydrogen (secondary N) is 1. The maximum atomic E-state index is 9.94. The molecule has 0 radical (unpaired) electrons. The summed E-state index contributed by atoms with van der Waals surface area (Å²) in [5.41, 5.74) is 4.84. The zero-order valence-corrected chi connectivity index (χ0v) is 3.98. The van der Waals surface area contributed by atoms with Gasteiger partial charge in [0.05, 0.1) is 5.54 Å². The third kappa shape index (κ3) is 0.642. The molecule has 1 aliphatic rings. The number of hydrogen-bond acceptors (Lipinski definition) is 3. The lowest BCUT2D eigenvalue weighted by molar-refractivity contribution is -0.113. The maximum Gasteiger partial charge on any atom is 0.142 e. The highest BCUT2D eigenvalue weighted by atomic mass is 16.1. The maximum absolute atomic E-state index is 9.94. The summed E-state index contributed by atoms with van der Waals surface area (Å²) in [4.78, 5) is 9.94. The Bertz CT molecular complexity index is 87.7. The predicted molar refractivity (Wildman–Crippen MR) is 25.9 cm³/mol. The molecule has 3 N–H and O–H groups in total. The molecule has 7 heavy (non-hydrogen) atoms. The van der Waals surface area contributed by atoms with Gasteiger partial charge in [-0.1, -0.05) is 0 Å². The smallest absolute Gasteiger partial charge is 0.142 e. The molecule has 0 unspecified atom stereocenters. The van der Waals surface area contributed by atoms with Crippen LogP contribution in [0.15, 0.2) is 0 Å². The molecule has 1 saturated heterocycles. The molecule has 0 aromatic rings. The van der Waals surface area contributed by atoms with E-state index in [2.05, 4.69) is 5.32 Å². The van der Waals surface area contributed by atoms with E-state index >= 15 is 0 Å². The van der Waals surface area contributed by atoms with Crippen LogP contribution >= 0.6 is 0 Å². The summed E-state index contributed by atoms with van der Waals surface area (Å²) in [7, 11) is 0. The summed E-state index contributed by atoms with van der Waals surface area (Å²) in [6.45, 7) is 1.27. The molecule has 0 aromatic heterocycles. The van der Waals surface area contributed by atoms with Crippen LogP contribution in [0, 0.1) is 0 Å². The van der Waals surface area contributed by atoms with Gasteiger partial charge in [-0.2, -0.15) is 0 Å². The molecule has 0 aromatic carbocycles. The molecule has 1 rings (SSSR count). The first kappa shape index (κ1) is 4.74. The molecule has 0 saturated carbocycles. The molecule has 1 fully saturated rings. The lowest BCUT2D eigenvalue weighted by Crippen LogP contribution is -2.66. The highest BCUT2D eigenvalue weighted by Gasteiger charge is 2.31. The van der Waals surface area contributed by atoms with Crippen LogP contribution in [-0.2, 0) is 4.79 Å². The standard InChI is InChI=1S/C4H8N2O/c5-4(3-7)1-6-2-4/h3,6H,1-2,5H2. The van der Waals surface area contributed by atoms with Crippen molar-refractivity contribution >= 4 is 6.29 Å². The molecule has 1 heterocycles. The molecule has 0 bridgehead atoms. The number of carbonyl (C=O) groups is 1. The fourth-order valence-corrected chi connectivity index (χ4v) is 0.497. The van der Waals surface area contributed by atoms with Crippen molar-refractivity contribution in [2.45, 2.75) is 5.54 Å². The summed E-state index contributed by atoms with van der Waals surface area (Å²) in [6.07, 6.45) is 0.795. The van der Waals surface area contributed by atoms with Crippen LogP contribution in [0.25, 0.3) is 0 Å². The Morgan fingerprint density at radius 2 is 2.29 bits per heavy atom. The first-order valence-corrected chi connectivity index (χ1v) is 2.23. The summed E-state index contributed by atoms with van der Waals surface area (Å²) in [5.74, 6) is 0. The topological polar surface area (TPSA) is 55.1 Å². The van der Waals surface area contributed by atoms with Crippen LogP contribution in [-0.4, -0.2) is 24.9 Å². The van der Waals surface area contributed by atoms with Gasteiger partial charge in [-0.15, -0.1) is 0 Å². The van der Waals surface area contributed by atoms with Crippen molar-refractivity contribution < 1.29 is 4.79 Å². The molecule has 0 aliphatic carbocycles. The van der Waals surface area contributed by atoms with Crippen molar-refractivity contribution in [3.63, 3.8) is 0 Å². The summed E-state index contributed by atoms with van der Waals surface area (Å²) < 4.78 is 0. The normalized spacial score (nSPS) is 25.9. The average molecular weight is 100 g/mol. The van der Waals surface area contributed by atoms with Crippen LogP contribution < -0.4 is 11.1 Å². The molecular formula is C4H8N2O. The number of nitrogens with two attached hydrogens (primary N) is 1. The SMILES string of the molecule is NC1(C=O)CNC1. The van der Waals surface area contributed by atoms with Crippen LogP contribution in [0.3, 0.4) is 0 Å². The molecular weight excluding hydrogens is 92.1 g/mol. The largest absolute Gasteiger partial charge is 0.317 e. The molecule has 40 valence electrons. The highest BCUT2D eigenvalue weighted by molar-refractivity contribution is 5.66. The van der Waals surface area contributed by atoms with Gasteiger partial charge in [-0.3, -0.25) is 0 Å². The van der Waals surface area contributed by atoms with Gasteiger partial charge >= 0.3 is 0 Å². The third-order valence-corrected chi connectivity index (χ3v) is 1.14. The minimum Gasteiger partial charge on any atom is -0.317 e. The number of hydrogen-bond donors (Lipinski definition) is 2. The van der Waals surface area contributed by atoms with Gasteiger partial charge in [0, 0.05) is 13.1 Å². The first-order chi connectivity index (χ1) is 3.27. The van der Waals surface area contributed by atoms with Gasteiger partial charge in [0.1, 0.15) is 6.29 Å². The second-order valence-electron chi connectivity index (χ2n) is 1.95. The summed E-state index contributed by atoms with van der Waals surface area (Å²) in [5, 5.41) is 2.90. The lowest BCUT2D eigenvalue weighted by Gasteiger charge is -2.33. The van der Waals surface area contributed by atoms with E-state index in [4.69, 9.17) is 5.73 Å². The van der Waals surface area contributed by atoms with E-state index in [1.165, 1.54) is 0 Å². The zero-order chi connectivity index (χ0) is 5.33. The van der Waals surface area contributed by atoms with Crippen LogP contribution in [0.5, 0.6) is 0 Å². The molecule has 0 amide bonds. The molecule has 0 atom stereocenters. The van der Waals surface area contributed by atoms with Gasteiger partial charge in [-0.05, 0) is 0 Å². The molecule has 3 nitrogen and oxygen atoms in total. The minimum absolute atomic E-state index is 0.528. The Labute approximate surface area is 41.9 Å². The lowest BCUT2D eigenvalue weighted by atomic mass is 9.97. The van der Waals surface area contributed by atoms with E-state index in [0.717, 1.165) is 6.29 Å². The van der Waals surface area contributed by atoms with Gasteiger partial charge in [0.2, 0.25) is 0 Å². The fraction of sp³-hybridized carbons (Fsp3) is 0.750. The summed E-state index contributed by atoms with van der Waals surface area (Å²) in [6, 6.07) is 0. The number of rotatable bonds is 1. The Hall–Kier alpha value is -0.410. The molecule has 1 aliphatic heterocycles. The number of carbonyl (C=O) groups excluding carboxylic acids is 1. The zero-order valence-electron chi connectivity index (χ0n) is 3.98. The van der Waals surface area contributed by atoms with E-state index in [9.17, 15) is 4.79 Å². The van der Waals surface area contributed by atoms with Crippen molar-refractivity contribution in [2.24, 2.45) is 5.73 Å². The highest BCUT2D eigenvalue weighted by Crippen LogP contribution is 1.99. The van der Waals surface area contributed by atoms with Crippen LogP contribution in [0.4, 0.5) is 0 Å². The van der Waals surface area contributed by atoms with E-state index in [1.54, 1.807) is 0 Å². The van der Waals surface area contributed by atoms with Crippen LogP contribution in [0.2, 0.25) is 0 Å². The van der Waals surface area contributed by atoms with Crippen molar-refractivity contribution in [1.82, 2.24) is 5.32 Å². The van der Waals surface area contributed by atoms with Crippen molar-refractivity contribution in [1.29, 1.82) is 0 Å². The van der Waals surface area contributed by atoms with E-state index in [1.807, 2.05) is 0 Å². The van der Waals surface area contributed by atoms with Gasteiger partial charge in [0.25, 0.3) is 0 Å². The summed E-state index contributed by atoms with van der Waals surface area (Å²) >= 11 is 0. The van der Waals surface area contributed by atoms with Gasteiger partial charge < -0.3 is 15.8 Å². The van der Waals surface area contributed by atoms with E-state index in [-0.39, 0.29) is 0 Å². The first-order valence-electron chi connectivity index (χ1n) is 2.23. The molecule has 0 spiro atoms. The van der Waals surface area contributed by atoms with E-state index < -0.39 is 5.54 Å². The van der Waals surface area contributed by atoms with E-state index in [0.29, 0.717) is 13.1 Å².